The van der Waals surface area contributed by atoms with Crippen molar-refractivity contribution < 1.29 is 9.59 Å². The highest BCUT2D eigenvalue weighted by atomic mass is 32.2. The summed E-state index contributed by atoms with van der Waals surface area (Å²) in [4.78, 5) is 46.7. The number of carbonyl (C=O) groups is 2. The summed E-state index contributed by atoms with van der Waals surface area (Å²) in [5, 5.41) is 3.29. The second kappa shape index (κ2) is 8.37. The van der Waals surface area contributed by atoms with E-state index in [9.17, 15) is 14.4 Å². The summed E-state index contributed by atoms with van der Waals surface area (Å²) in [6.45, 7) is 4.58. The number of rotatable bonds is 4. The predicted octanol–water partition coefficient (Wildman–Crippen LogP) is 3.67. The van der Waals surface area contributed by atoms with Crippen LogP contribution in [0.4, 0.5) is 4.79 Å². The van der Waals surface area contributed by atoms with E-state index in [-0.39, 0.29) is 17.5 Å². The van der Waals surface area contributed by atoms with Gasteiger partial charge in [-0.2, -0.15) is 0 Å². The van der Waals surface area contributed by atoms with E-state index < -0.39 is 5.25 Å². The normalized spacial score (nSPS) is 16.8. The summed E-state index contributed by atoms with van der Waals surface area (Å²) in [5.74, 6) is -0.278. The van der Waals surface area contributed by atoms with Crippen LogP contribution in [0.3, 0.4) is 0 Å². The molecule has 0 radical (unpaired) electrons. The summed E-state index contributed by atoms with van der Waals surface area (Å²) >= 11 is 2.83. The summed E-state index contributed by atoms with van der Waals surface area (Å²) in [5.41, 5.74) is 2.89. The molecular weight excluding hydrogens is 444 g/mol. The van der Waals surface area contributed by atoms with Crippen molar-refractivity contribution in [1.82, 2.24) is 19.8 Å². The lowest BCUT2D eigenvalue weighted by Crippen LogP contribution is -2.39. The van der Waals surface area contributed by atoms with Crippen molar-refractivity contribution in [3.63, 3.8) is 0 Å². The van der Waals surface area contributed by atoms with Crippen LogP contribution in [-0.2, 0) is 17.6 Å². The van der Waals surface area contributed by atoms with Gasteiger partial charge in [-0.25, -0.2) is 9.78 Å². The van der Waals surface area contributed by atoms with Crippen molar-refractivity contribution in [2.45, 2.75) is 49.9 Å². The monoisotopic (exact) mass is 468 g/mol. The average molecular weight is 469 g/mol. The molecular formula is C23H24N4O3S2. The number of aryl methyl sites for hydroxylation is 3. The third-order valence-electron chi connectivity index (χ3n) is 6.00. The molecule has 2 aromatic heterocycles. The maximum Gasteiger partial charge on any atom is 0.324 e. The number of amides is 3. The van der Waals surface area contributed by atoms with Gasteiger partial charge in [0.25, 0.3) is 5.56 Å². The fourth-order valence-corrected chi connectivity index (χ4v) is 6.59. The first-order valence-electron chi connectivity index (χ1n) is 10.8. The summed E-state index contributed by atoms with van der Waals surface area (Å²) < 4.78 is 1.63. The van der Waals surface area contributed by atoms with Gasteiger partial charge in [-0.05, 0) is 57.2 Å². The van der Waals surface area contributed by atoms with Crippen LogP contribution in [0.15, 0.2) is 34.2 Å². The number of urea groups is 1. The fraction of sp³-hybridized carbons (Fsp3) is 0.391. The Labute approximate surface area is 193 Å². The average Bonchev–Trinajstić information content (AvgIpc) is 3.37. The first kappa shape index (κ1) is 21.2. The smallest absolute Gasteiger partial charge is 0.324 e. The molecule has 32 heavy (non-hydrogen) atoms. The molecule has 1 atom stereocenters. The SMILES string of the molecule is Cc1ccc(-n2c(SC(C)C(=O)N3CCNC3=O)nc3sc4c(c3c2=O)CCCC4)cc1. The Balaban J connectivity index is 1.62. The zero-order valence-electron chi connectivity index (χ0n) is 18.0. The summed E-state index contributed by atoms with van der Waals surface area (Å²) in [6, 6.07) is 7.38. The first-order chi connectivity index (χ1) is 15.4. The molecule has 9 heteroatoms. The van der Waals surface area contributed by atoms with Crippen LogP contribution in [-0.4, -0.2) is 44.7 Å². The number of nitrogens with one attached hydrogen (secondary N) is 1. The van der Waals surface area contributed by atoms with E-state index in [4.69, 9.17) is 4.98 Å². The minimum atomic E-state index is -0.561. The van der Waals surface area contributed by atoms with Crippen LogP contribution in [0, 0.1) is 6.92 Å². The fourth-order valence-electron chi connectivity index (χ4n) is 4.30. The molecule has 2 aliphatic rings. The highest BCUT2D eigenvalue weighted by Crippen LogP contribution is 2.36. The van der Waals surface area contributed by atoms with E-state index >= 15 is 0 Å². The zero-order valence-corrected chi connectivity index (χ0v) is 19.6. The van der Waals surface area contributed by atoms with Crippen LogP contribution >= 0.6 is 23.1 Å². The lowest BCUT2D eigenvalue weighted by molar-refractivity contribution is -0.126. The molecule has 0 bridgehead atoms. The minimum Gasteiger partial charge on any atom is -0.336 e. The molecule has 1 unspecified atom stereocenters. The number of hydrogen-bond acceptors (Lipinski definition) is 6. The van der Waals surface area contributed by atoms with Gasteiger partial charge in [-0.1, -0.05) is 29.5 Å². The molecule has 1 aromatic carbocycles. The maximum absolute atomic E-state index is 13.8. The standard InChI is InChI=1S/C23H24N4O3S2/c1-13-7-9-15(10-8-13)27-21(29)18-16-5-3-4-6-17(16)32-19(18)25-23(27)31-14(2)20(28)26-12-11-24-22(26)30/h7-10,14H,3-6,11-12H2,1-2H3,(H,24,30). The highest BCUT2D eigenvalue weighted by molar-refractivity contribution is 8.00. The third-order valence-corrected chi connectivity index (χ3v) is 8.23. The molecule has 166 valence electrons. The highest BCUT2D eigenvalue weighted by Gasteiger charge is 2.32. The Hall–Kier alpha value is -2.65. The number of benzene rings is 1. The molecule has 0 saturated carbocycles. The van der Waals surface area contributed by atoms with Gasteiger partial charge in [0.15, 0.2) is 5.16 Å². The van der Waals surface area contributed by atoms with Gasteiger partial charge >= 0.3 is 6.03 Å². The van der Waals surface area contributed by atoms with Gasteiger partial charge in [0.1, 0.15) is 4.83 Å². The predicted molar refractivity (Wildman–Crippen MR) is 127 cm³/mol. The topological polar surface area (TPSA) is 84.3 Å². The number of carbonyl (C=O) groups excluding carboxylic acids is 2. The second-order valence-corrected chi connectivity index (χ2v) is 10.6. The lowest BCUT2D eigenvalue weighted by atomic mass is 9.97. The molecule has 3 heterocycles. The number of hydrogen-bond donors (Lipinski definition) is 1. The van der Waals surface area contributed by atoms with Crippen molar-refractivity contribution in [1.29, 1.82) is 0 Å². The minimum absolute atomic E-state index is 0.0840. The first-order valence-corrected chi connectivity index (χ1v) is 12.5. The third kappa shape index (κ3) is 3.63. The molecule has 1 saturated heterocycles. The van der Waals surface area contributed by atoms with Crippen molar-refractivity contribution in [3.05, 3.63) is 50.6 Å². The molecule has 5 rings (SSSR count). The molecule has 3 aromatic rings. The number of nitrogens with zero attached hydrogens (tertiary/aromatic N) is 3. The van der Waals surface area contributed by atoms with Gasteiger partial charge in [0.05, 0.1) is 16.3 Å². The van der Waals surface area contributed by atoms with E-state index in [1.165, 1.54) is 21.5 Å². The van der Waals surface area contributed by atoms with E-state index in [0.29, 0.717) is 23.6 Å². The van der Waals surface area contributed by atoms with Crippen LogP contribution in [0.1, 0.15) is 35.8 Å². The van der Waals surface area contributed by atoms with Gasteiger partial charge in [-0.3, -0.25) is 19.1 Å². The number of fused-ring (bicyclic) bond motifs is 3. The largest absolute Gasteiger partial charge is 0.336 e. The molecule has 1 aliphatic carbocycles. The van der Waals surface area contributed by atoms with Crippen LogP contribution in [0.25, 0.3) is 15.9 Å². The van der Waals surface area contributed by atoms with Crippen LogP contribution in [0.5, 0.6) is 0 Å². The van der Waals surface area contributed by atoms with Crippen molar-refractivity contribution >= 4 is 45.3 Å². The Kier molecular flexibility index (Phi) is 5.54. The second-order valence-electron chi connectivity index (χ2n) is 8.24. The van der Waals surface area contributed by atoms with Crippen molar-refractivity contribution in [2.75, 3.05) is 13.1 Å². The Morgan fingerprint density at radius 2 is 1.94 bits per heavy atom. The molecule has 7 nitrogen and oxygen atoms in total. The van der Waals surface area contributed by atoms with E-state index in [1.54, 1.807) is 22.8 Å². The Morgan fingerprint density at radius 1 is 1.19 bits per heavy atom. The number of thioether (sulfide) groups is 1. The molecule has 0 spiro atoms. The summed E-state index contributed by atoms with van der Waals surface area (Å²) in [7, 11) is 0. The lowest BCUT2D eigenvalue weighted by Gasteiger charge is -2.19. The zero-order chi connectivity index (χ0) is 22.4. The van der Waals surface area contributed by atoms with Crippen molar-refractivity contribution in [2.24, 2.45) is 0 Å². The number of aromatic nitrogens is 2. The van der Waals surface area contributed by atoms with E-state index in [0.717, 1.165) is 47.3 Å². The van der Waals surface area contributed by atoms with Gasteiger partial charge in [-0.15, -0.1) is 11.3 Å². The molecule has 1 N–H and O–H groups in total. The number of imide groups is 1. The van der Waals surface area contributed by atoms with Gasteiger partial charge in [0, 0.05) is 18.0 Å². The van der Waals surface area contributed by atoms with Crippen molar-refractivity contribution in [3.8, 4) is 5.69 Å². The maximum atomic E-state index is 13.8. The van der Waals surface area contributed by atoms with Gasteiger partial charge in [0.2, 0.25) is 5.91 Å². The number of thiophene rings is 1. The Bertz CT molecular complexity index is 1280. The quantitative estimate of drug-likeness (QED) is 0.467. The van der Waals surface area contributed by atoms with Crippen LogP contribution < -0.4 is 10.9 Å². The van der Waals surface area contributed by atoms with E-state index in [2.05, 4.69) is 5.32 Å². The van der Waals surface area contributed by atoms with Gasteiger partial charge < -0.3 is 5.32 Å². The van der Waals surface area contributed by atoms with Crippen LogP contribution in [0.2, 0.25) is 0 Å². The van der Waals surface area contributed by atoms with E-state index in [1.807, 2.05) is 31.2 Å². The molecule has 3 amide bonds. The Morgan fingerprint density at radius 3 is 2.66 bits per heavy atom. The molecule has 1 fully saturated rings. The molecule has 1 aliphatic heterocycles. The summed E-state index contributed by atoms with van der Waals surface area (Å²) in [6.07, 6.45) is 4.12.